The molecule has 0 aliphatic heterocycles. The zero-order valence-corrected chi connectivity index (χ0v) is 12.6. The molecule has 0 saturated carbocycles. The van der Waals surface area contributed by atoms with Gasteiger partial charge in [-0.2, -0.15) is 0 Å². The van der Waals surface area contributed by atoms with Crippen molar-refractivity contribution >= 4 is 11.9 Å². The Hall–Kier alpha value is -2.66. The van der Waals surface area contributed by atoms with Crippen LogP contribution in [0.2, 0.25) is 0 Å². The number of amides is 1. The number of aliphatic hydroxyl groups is 1. The van der Waals surface area contributed by atoms with Gasteiger partial charge in [-0.15, -0.1) is 0 Å². The van der Waals surface area contributed by atoms with E-state index in [1.807, 2.05) is 60.7 Å². The van der Waals surface area contributed by atoms with Gasteiger partial charge in [0.15, 0.2) is 0 Å². The molecular weight excluding hydrogens is 294 g/mol. The fraction of sp³-hybridized carbons (Fsp3) is 0.222. The lowest BCUT2D eigenvalue weighted by Gasteiger charge is -2.20. The number of carbonyl (C=O) groups is 2. The third-order valence-corrected chi connectivity index (χ3v) is 3.60. The molecule has 2 rings (SSSR count). The molecule has 0 saturated heterocycles. The number of aliphatic carboxylic acids is 1. The van der Waals surface area contributed by atoms with Gasteiger partial charge in [0, 0.05) is 0 Å². The van der Waals surface area contributed by atoms with Gasteiger partial charge < -0.3 is 15.5 Å². The van der Waals surface area contributed by atoms with Crippen molar-refractivity contribution in [3.8, 4) is 0 Å². The lowest BCUT2D eigenvalue weighted by molar-refractivity contribution is -0.143. The van der Waals surface area contributed by atoms with Crippen LogP contribution in [0.4, 0.5) is 0 Å². The summed E-state index contributed by atoms with van der Waals surface area (Å²) in [7, 11) is 0. The van der Waals surface area contributed by atoms with E-state index in [2.05, 4.69) is 5.32 Å². The van der Waals surface area contributed by atoms with Crippen LogP contribution in [0.3, 0.4) is 0 Å². The largest absolute Gasteiger partial charge is 0.480 e. The summed E-state index contributed by atoms with van der Waals surface area (Å²) in [5, 5.41) is 20.5. The SMILES string of the molecule is O=C(O)C(CO)NC(=O)C(Cc1ccccc1)c1ccccc1. The van der Waals surface area contributed by atoms with Crippen molar-refractivity contribution < 1.29 is 19.8 Å². The molecule has 3 N–H and O–H groups in total. The molecule has 0 bridgehead atoms. The van der Waals surface area contributed by atoms with Crippen LogP contribution in [0.15, 0.2) is 60.7 Å². The summed E-state index contributed by atoms with van der Waals surface area (Å²) in [6, 6.07) is 17.4. The van der Waals surface area contributed by atoms with Gasteiger partial charge in [0.25, 0.3) is 0 Å². The van der Waals surface area contributed by atoms with Crippen molar-refractivity contribution in [3.05, 3.63) is 71.8 Å². The molecule has 0 spiro atoms. The van der Waals surface area contributed by atoms with Crippen molar-refractivity contribution in [3.63, 3.8) is 0 Å². The third-order valence-electron chi connectivity index (χ3n) is 3.60. The molecule has 0 aromatic heterocycles. The average molecular weight is 313 g/mol. The first-order valence-corrected chi connectivity index (χ1v) is 7.34. The molecule has 2 aromatic carbocycles. The maximum absolute atomic E-state index is 12.5. The van der Waals surface area contributed by atoms with Crippen molar-refractivity contribution in [2.45, 2.75) is 18.4 Å². The van der Waals surface area contributed by atoms with E-state index in [4.69, 9.17) is 10.2 Å². The zero-order chi connectivity index (χ0) is 16.7. The van der Waals surface area contributed by atoms with Gasteiger partial charge in [0.1, 0.15) is 6.04 Å². The highest BCUT2D eigenvalue weighted by Gasteiger charge is 2.26. The topological polar surface area (TPSA) is 86.6 Å². The second-order valence-electron chi connectivity index (χ2n) is 5.23. The van der Waals surface area contributed by atoms with Crippen LogP contribution >= 0.6 is 0 Å². The number of carboxylic acids is 1. The lowest BCUT2D eigenvalue weighted by Crippen LogP contribution is -2.45. The van der Waals surface area contributed by atoms with Crippen LogP contribution in [0.25, 0.3) is 0 Å². The summed E-state index contributed by atoms with van der Waals surface area (Å²) in [6.45, 7) is -0.645. The number of hydrogen-bond acceptors (Lipinski definition) is 3. The second-order valence-corrected chi connectivity index (χ2v) is 5.23. The molecule has 0 fully saturated rings. The maximum Gasteiger partial charge on any atom is 0.328 e. The minimum absolute atomic E-state index is 0.415. The Morgan fingerprint density at radius 2 is 1.52 bits per heavy atom. The third kappa shape index (κ3) is 4.66. The minimum Gasteiger partial charge on any atom is -0.480 e. The molecule has 2 aromatic rings. The van der Waals surface area contributed by atoms with Gasteiger partial charge in [-0.05, 0) is 17.5 Å². The Morgan fingerprint density at radius 1 is 0.957 bits per heavy atom. The van der Waals surface area contributed by atoms with Gasteiger partial charge >= 0.3 is 5.97 Å². The molecule has 5 nitrogen and oxygen atoms in total. The second kappa shape index (κ2) is 8.10. The van der Waals surface area contributed by atoms with Crippen LogP contribution in [-0.2, 0) is 16.0 Å². The molecule has 0 heterocycles. The molecule has 120 valence electrons. The van der Waals surface area contributed by atoms with E-state index in [9.17, 15) is 9.59 Å². The van der Waals surface area contributed by atoms with Crippen molar-refractivity contribution in [1.82, 2.24) is 5.32 Å². The monoisotopic (exact) mass is 313 g/mol. The highest BCUT2D eigenvalue weighted by atomic mass is 16.4. The number of nitrogens with one attached hydrogen (secondary N) is 1. The molecule has 0 aliphatic rings. The van der Waals surface area contributed by atoms with Gasteiger partial charge in [-0.3, -0.25) is 4.79 Å². The van der Waals surface area contributed by atoms with Gasteiger partial charge in [0.2, 0.25) is 5.91 Å². The average Bonchev–Trinajstić information content (AvgIpc) is 2.58. The highest BCUT2D eigenvalue weighted by molar-refractivity contribution is 5.88. The summed E-state index contributed by atoms with van der Waals surface area (Å²) < 4.78 is 0. The normalized spacial score (nSPS) is 13.1. The number of benzene rings is 2. The Bertz CT molecular complexity index is 643. The van der Waals surface area contributed by atoms with E-state index < -0.39 is 30.4 Å². The van der Waals surface area contributed by atoms with Crippen molar-refractivity contribution in [1.29, 1.82) is 0 Å². The lowest BCUT2D eigenvalue weighted by atomic mass is 9.91. The van der Waals surface area contributed by atoms with Crippen molar-refractivity contribution in [2.24, 2.45) is 0 Å². The van der Waals surface area contributed by atoms with Gasteiger partial charge in [-0.1, -0.05) is 60.7 Å². The number of carbonyl (C=O) groups excluding carboxylic acids is 1. The first-order chi connectivity index (χ1) is 11.1. The quantitative estimate of drug-likeness (QED) is 0.724. The molecule has 2 unspecified atom stereocenters. The fourth-order valence-electron chi connectivity index (χ4n) is 2.35. The first-order valence-electron chi connectivity index (χ1n) is 7.34. The Morgan fingerprint density at radius 3 is 2.04 bits per heavy atom. The Kier molecular flexibility index (Phi) is 5.88. The smallest absolute Gasteiger partial charge is 0.328 e. The van der Waals surface area contributed by atoms with E-state index in [-0.39, 0.29) is 0 Å². The van der Waals surface area contributed by atoms with E-state index in [1.165, 1.54) is 0 Å². The Balaban J connectivity index is 2.23. The summed E-state index contributed by atoms with van der Waals surface area (Å²) >= 11 is 0. The standard InChI is InChI=1S/C18H19NO4/c20-12-16(18(22)23)19-17(21)15(14-9-5-2-6-10-14)11-13-7-3-1-4-8-13/h1-10,15-16,20H,11-12H2,(H,19,21)(H,22,23). The van der Waals surface area contributed by atoms with Crippen LogP contribution in [0.5, 0.6) is 0 Å². The van der Waals surface area contributed by atoms with Gasteiger partial charge in [0.05, 0.1) is 12.5 Å². The molecule has 1 amide bonds. The van der Waals surface area contributed by atoms with E-state index in [0.717, 1.165) is 11.1 Å². The summed E-state index contributed by atoms with van der Waals surface area (Å²) in [4.78, 5) is 23.5. The van der Waals surface area contributed by atoms with Crippen LogP contribution in [0, 0.1) is 0 Å². The van der Waals surface area contributed by atoms with Crippen molar-refractivity contribution in [2.75, 3.05) is 6.61 Å². The number of aliphatic hydroxyl groups excluding tert-OH is 1. The van der Waals surface area contributed by atoms with Gasteiger partial charge in [-0.25, -0.2) is 4.79 Å². The highest BCUT2D eigenvalue weighted by Crippen LogP contribution is 2.21. The minimum atomic E-state index is -1.30. The summed E-state index contributed by atoms with van der Waals surface area (Å²) in [6.07, 6.45) is 0.453. The van der Waals surface area contributed by atoms with E-state index in [1.54, 1.807) is 0 Å². The predicted octanol–water partition coefficient (Wildman–Crippen LogP) is 1.57. The molecular formula is C18H19NO4. The molecule has 5 heteroatoms. The molecule has 0 radical (unpaired) electrons. The van der Waals surface area contributed by atoms with Crippen LogP contribution in [0.1, 0.15) is 17.0 Å². The number of carboxylic acid groups (broad SMARTS) is 1. The van der Waals surface area contributed by atoms with Crippen LogP contribution < -0.4 is 5.32 Å². The zero-order valence-electron chi connectivity index (χ0n) is 12.6. The summed E-state index contributed by atoms with van der Waals surface area (Å²) in [5.41, 5.74) is 1.78. The molecule has 23 heavy (non-hydrogen) atoms. The first kappa shape index (κ1) is 16.7. The van der Waals surface area contributed by atoms with E-state index in [0.29, 0.717) is 6.42 Å². The molecule has 2 atom stereocenters. The van der Waals surface area contributed by atoms with Crippen LogP contribution in [-0.4, -0.2) is 34.7 Å². The van der Waals surface area contributed by atoms with E-state index >= 15 is 0 Å². The number of hydrogen-bond donors (Lipinski definition) is 3. The molecule has 0 aliphatic carbocycles. The summed E-state index contributed by atoms with van der Waals surface area (Å²) in [5.74, 6) is -2.19. The number of rotatable bonds is 7. The fourth-order valence-corrected chi connectivity index (χ4v) is 2.35. The predicted molar refractivity (Wildman–Crippen MR) is 86.0 cm³/mol. The maximum atomic E-state index is 12.5. The Labute approximate surface area is 134 Å².